The van der Waals surface area contributed by atoms with Crippen LogP contribution in [0.15, 0.2) is 30.3 Å². The number of thioether (sulfide) groups is 1. The largest absolute Gasteiger partial charge is 0.444 e. The van der Waals surface area contributed by atoms with Gasteiger partial charge in [-0.3, -0.25) is 9.69 Å². The Morgan fingerprint density at radius 2 is 1.74 bits per heavy atom. The molecule has 0 radical (unpaired) electrons. The maximum atomic E-state index is 13.2. The molecule has 7 heteroatoms. The van der Waals surface area contributed by atoms with Crippen molar-refractivity contribution in [1.29, 1.82) is 0 Å². The van der Waals surface area contributed by atoms with E-state index in [1.807, 2.05) is 26.8 Å². The number of benzene rings is 1. The summed E-state index contributed by atoms with van der Waals surface area (Å²) in [5.41, 5.74) is 0.730. The van der Waals surface area contributed by atoms with Crippen molar-refractivity contribution in [3.63, 3.8) is 0 Å². The minimum Gasteiger partial charge on any atom is -0.444 e. The number of nitrogens with zero attached hydrogens (tertiary/aromatic N) is 1. The lowest BCUT2D eigenvalue weighted by Crippen LogP contribution is -2.53. The Labute approximate surface area is 210 Å². The molecule has 1 heterocycles. The van der Waals surface area contributed by atoms with E-state index in [2.05, 4.69) is 39.8 Å². The van der Waals surface area contributed by atoms with Crippen molar-refractivity contribution in [2.45, 2.75) is 89.9 Å². The van der Waals surface area contributed by atoms with Gasteiger partial charge in [-0.1, -0.05) is 49.6 Å². The summed E-state index contributed by atoms with van der Waals surface area (Å²) in [6.45, 7) is 8.37. The Morgan fingerprint density at radius 1 is 1.06 bits per heavy atom. The number of nitrogens with one attached hydrogen (secondary N) is 2. The normalized spacial score (nSPS) is 19.4. The van der Waals surface area contributed by atoms with Crippen molar-refractivity contribution in [3.05, 3.63) is 35.9 Å². The van der Waals surface area contributed by atoms with E-state index in [0.717, 1.165) is 44.1 Å². The van der Waals surface area contributed by atoms with E-state index >= 15 is 0 Å². The number of ether oxygens (including phenoxy) is 1. The number of amides is 2. The summed E-state index contributed by atoms with van der Waals surface area (Å²) >= 11 is 1.78. The molecule has 2 amide bonds. The Hall–Kier alpha value is -1.73. The summed E-state index contributed by atoms with van der Waals surface area (Å²) in [4.78, 5) is 28.0. The average Bonchev–Trinajstić information content (AvgIpc) is 2.80. The van der Waals surface area contributed by atoms with Crippen molar-refractivity contribution < 1.29 is 14.3 Å². The molecule has 0 unspecified atom stereocenters. The van der Waals surface area contributed by atoms with Crippen LogP contribution in [0, 0.1) is 5.92 Å². The number of alkyl carbamates (subject to hydrolysis) is 1. The molecular formula is C27H43N3O3S. The summed E-state index contributed by atoms with van der Waals surface area (Å²) in [7, 11) is 0. The van der Waals surface area contributed by atoms with Gasteiger partial charge in [0.1, 0.15) is 11.6 Å². The van der Waals surface area contributed by atoms with Gasteiger partial charge in [-0.25, -0.2) is 4.79 Å². The quantitative estimate of drug-likeness (QED) is 0.512. The Bertz CT molecular complexity index is 754. The Kier molecular flexibility index (Phi) is 10.6. The smallest absolute Gasteiger partial charge is 0.408 e. The van der Waals surface area contributed by atoms with Crippen LogP contribution >= 0.6 is 11.8 Å². The molecule has 1 atom stereocenters. The zero-order valence-corrected chi connectivity index (χ0v) is 22.0. The Morgan fingerprint density at radius 3 is 2.38 bits per heavy atom. The summed E-state index contributed by atoms with van der Waals surface area (Å²) < 4.78 is 5.43. The molecule has 1 saturated carbocycles. The highest BCUT2D eigenvalue weighted by atomic mass is 32.2. The van der Waals surface area contributed by atoms with Gasteiger partial charge in [-0.05, 0) is 63.7 Å². The van der Waals surface area contributed by atoms with Crippen LogP contribution in [0.25, 0.3) is 0 Å². The predicted molar refractivity (Wildman–Crippen MR) is 140 cm³/mol. The number of likely N-dealkylation sites (tertiary alicyclic amines) is 1. The SMILES string of the molecule is CC(C)(C)OC(=O)N[C@@H](CSCC1CCCCC1)C(=O)NC1CCN(Cc2ccccc2)CC1. The van der Waals surface area contributed by atoms with Gasteiger partial charge in [0.05, 0.1) is 0 Å². The summed E-state index contributed by atoms with van der Waals surface area (Å²) in [5.74, 6) is 2.27. The number of rotatable bonds is 9. The molecule has 190 valence electrons. The number of carbonyl (C=O) groups is 2. The third kappa shape index (κ3) is 9.87. The molecule has 1 aromatic carbocycles. The zero-order valence-electron chi connectivity index (χ0n) is 21.2. The fraction of sp³-hybridized carbons (Fsp3) is 0.704. The third-order valence-corrected chi connectivity index (χ3v) is 7.83. The zero-order chi connectivity index (χ0) is 24.4. The van der Waals surface area contributed by atoms with Crippen LogP contribution in [0.3, 0.4) is 0 Å². The highest BCUT2D eigenvalue weighted by molar-refractivity contribution is 7.99. The van der Waals surface area contributed by atoms with Gasteiger partial charge in [0.15, 0.2) is 0 Å². The Balaban J connectivity index is 1.47. The van der Waals surface area contributed by atoms with Gasteiger partial charge in [-0.15, -0.1) is 0 Å². The van der Waals surface area contributed by atoms with E-state index in [4.69, 9.17) is 4.74 Å². The molecule has 1 aromatic rings. The highest BCUT2D eigenvalue weighted by Gasteiger charge is 2.28. The molecule has 6 nitrogen and oxygen atoms in total. The summed E-state index contributed by atoms with van der Waals surface area (Å²) in [6.07, 6.45) is 7.86. The molecule has 1 saturated heterocycles. The fourth-order valence-electron chi connectivity index (χ4n) is 4.72. The number of hydrogen-bond donors (Lipinski definition) is 2. The van der Waals surface area contributed by atoms with Gasteiger partial charge in [0, 0.05) is 31.4 Å². The lowest BCUT2D eigenvalue weighted by Gasteiger charge is -2.33. The molecule has 2 aliphatic rings. The van der Waals surface area contributed by atoms with Crippen LogP contribution in [0.2, 0.25) is 0 Å². The predicted octanol–water partition coefficient (Wildman–Crippen LogP) is 4.97. The number of carbonyl (C=O) groups excluding carboxylic acids is 2. The molecule has 0 aromatic heterocycles. The number of piperidine rings is 1. The van der Waals surface area contributed by atoms with Crippen molar-refractivity contribution in [1.82, 2.24) is 15.5 Å². The first-order valence-electron chi connectivity index (χ1n) is 12.9. The van der Waals surface area contributed by atoms with Gasteiger partial charge >= 0.3 is 6.09 Å². The van der Waals surface area contributed by atoms with Gasteiger partial charge in [0.2, 0.25) is 5.91 Å². The van der Waals surface area contributed by atoms with E-state index in [-0.39, 0.29) is 11.9 Å². The van der Waals surface area contributed by atoms with Crippen molar-refractivity contribution in [2.24, 2.45) is 5.92 Å². The molecule has 1 aliphatic heterocycles. The monoisotopic (exact) mass is 489 g/mol. The second kappa shape index (κ2) is 13.4. The number of hydrogen-bond acceptors (Lipinski definition) is 5. The fourth-order valence-corrected chi connectivity index (χ4v) is 5.99. The lowest BCUT2D eigenvalue weighted by molar-refractivity contribution is -0.123. The van der Waals surface area contributed by atoms with Crippen LogP contribution < -0.4 is 10.6 Å². The maximum Gasteiger partial charge on any atom is 0.408 e. The molecular weight excluding hydrogens is 446 g/mol. The van der Waals surface area contributed by atoms with E-state index in [1.54, 1.807) is 11.8 Å². The molecule has 1 aliphatic carbocycles. The van der Waals surface area contributed by atoms with Crippen LogP contribution in [-0.4, -0.2) is 59.2 Å². The van der Waals surface area contributed by atoms with E-state index in [0.29, 0.717) is 5.75 Å². The molecule has 3 rings (SSSR count). The van der Waals surface area contributed by atoms with Gasteiger partial charge in [-0.2, -0.15) is 11.8 Å². The van der Waals surface area contributed by atoms with Crippen LogP contribution in [0.1, 0.15) is 71.3 Å². The first-order valence-corrected chi connectivity index (χ1v) is 14.1. The molecule has 0 bridgehead atoms. The highest BCUT2D eigenvalue weighted by Crippen LogP contribution is 2.27. The first kappa shape index (κ1) is 26.9. The van der Waals surface area contributed by atoms with Crippen molar-refractivity contribution >= 4 is 23.8 Å². The second-order valence-electron chi connectivity index (χ2n) is 10.8. The first-order chi connectivity index (χ1) is 16.3. The van der Waals surface area contributed by atoms with Crippen LogP contribution in [0.5, 0.6) is 0 Å². The van der Waals surface area contributed by atoms with Crippen molar-refractivity contribution in [3.8, 4) is 0 Å². The minimum absolute atomic E-state index is 0.0940. The van der Waals surface area contributed by atoms with E-state index < -0.39 is 17.7 Å². The van der Waals surface area contributed by atoms with E-state index in [9.17, 15) is 9.59 Å². The minimum atomic E-state index is -0.591. The van der Waals surface area contributed by atoms with Crippen LogP contribution in [0.4, 0.5) is 4.79 Å². The van der Waals surface area contributed by atoms with Gasteiger partial charge < -0.3 is 15.4 Å². The molecule has 34 heavy (non-hydrogen) atoms. The summed E-state index contributed by atoms with van der Waals surface area (Å²) in [6, 6.07) is 10.1. The summed E-state index contributed by atoms with van der Waals surface area (Å²) in [5, 5.41) is 6.05. The van der Waals surface area contributed by atoms with Crippen molar-refractivity contribution in [2.75, 3.05) is 24.6 Å². The molecule has 2 fully saturated rings. The molecule has 2 N–H and O–H groups in total. The average molecular weight is 490 g/mol. The van der Waals surface area contributed by atoms with Crippen LogP contribution in [-0.2, 0) is 16.1 Å². The topological polar surface area (TPSA) is 70.7 Å². The molecule has 0 spiro atoms. The van der Waals surface area contributed by atoms with Gasteiger partial charge in [0.25, 0.3) is 0 Å². The van der Waals surface area contributed by atoms with E-state index in [1.165, 1.54) is 37.7 Å². The second-order valence-corrected chi connectivity index (χ2v) is 11.9. The maximum absolute atomic E-state index is 13.2. The third-order valence-electron chi connectivity index (χ3n) is 6.55. The standard InChI is InChI=1S/C27H43N3O3S/c1-27(2,3)33-26(32)29-24(20-34-19-22-12-8-5-9-13-22)25(31)28-23-14-16-30(17-15-23)18-21-10-6-4-7-11-21/h4,6-7,10-11,22-24H,5,8-9,12-20H2,1-3H3,(H,28,31)(H,29,32)/t24-/m0/s1. The lowest BCUT2D eigenvalue weighted by atomic mass is 9.91.